The van der Waals surface area contributed by atoms with E-state index in [1.54, 1.807) is 0 Å². The van der Waals surface area contributed by atoms with Crippen LogP contribution < -0.4 is 0 Å². The summed E-state index contributed by atoms with van der Waals surface area (Å²) >= 11 is -2.08. The normalized spacial score (nSPS) is 19.3. The van der Waals surface area contributed by atoms with Crippen molar-refractivity contribution in [2.75, 3.05) is 7.11 Å². The van der Waals surface area contributed by atoms with Gasteiger partial charge in [-0.15, -0.1) is 0 Å². The molecule has 0 amide bonds. The summed E-state index contributed by atoms with van der Waals surface area (Å²) in [6.07, 6.45) is 8.05. The van der Waals surface area contributed by atoms with Crippen LogP contribution in [0.25, 0.3) is 0 Å². The van der Waals surface area contributed by atoms with Gasteiger partial charge in [0.2, 0.25) is 0 Å². The van der Waals surface area contributed by atoms with Gasteiger partial charge in [-0.2, -0.15) is 5.10 Å². The number of rotatable bonds is 5. The summed E-state index contributed by atoms with van der Waals surface area (Å²) in [7, 11) is 1.35. The lowest BCUT2D eigenvalue weighted by Gasteiger charge is -2.18. The SMILES string of the molecule is COC(=O)C(CC1CCCC1)n1cc(S(=O)O)cn1. The van der Waals surface area contributed by atoms with Crippen LogP contribution in [0.4, 0.5) is 0 Å². The first kappa shape index (κ1) is 14.2. The molecule has 0 saturated heterocycles. The second-order valence-electron chi connectivity index (χ2n) is 4.83. The molecule has 1 aromatic rings. The molecular formula is C12H18N2O4S. The maximum absolute atomic E-state index is 11.9. The van der Waals surface area contributed by atoms with Gasteiger partial charge in [0.1, 0.15) is 10.9 Å². The van der Waals surface area contributed by atoms with Gasteiger partial charge in [-0.25, -0.2) is 9.00 Å². The summed E-state index contributed by atoms with van der Waals surface area (Å²) in [5, 5.41) is 4.01. The number of hydrogen-bond donors (Lipinski definition) is 1. The van der Waals surface area contributed by atoms with Crippen molar-refractivity contribution < 1.29 is 18.3 Å². The van der Waals surface area contributed by atoms with Crippen molar-refractivity contribution in [3.8, 4) is 0 Å². The third-order valence-electron chi connectivity index (χ3n) is 3.60. The topological polar surface area (TPSA) is 81.4 Å². The van der Waals surface area contributed by atoms with Crippen LogP contribution in [0.5, 0.6) is 0 Å². The molecular weight excluding hydrogens is 268 g/mol. The molecule has 2 rings (SSSR count). The van der Waals surface area contributed by atoms with Crippen molar-refractivity contribution >= 4 is 17.0 Å². The quantitative estimate of drug-likeness (QED) is 0.659. The van der Waals surface area contributed by atoms with Gasteiger partial charge in [0.15, 0.2) is 11.1 Å². The van der Waals surface area contributed by atoms with Crippen molar-refractivity contribution in [2.45, 2.75) is 43.0 Å². The van der Waals surface area contributed by atoms with Gasteiger partial charge in [0, 0.05) is 6.20 Å². The Morgan fingerprint density at radius 3 is 2.84 bits per heavy atom. The predicted molar refractivity (Wildman–Crippen MR) is 68.9 cm³/mol. The molecule has 19 heavy (non-hydrogen) atoms. The zero-order chi connectivity index (χ0) is 13.8. The Labute approximate surface area is 114 Å². The molecule has 0 radical (unpaired) electrons. The minimum atomic E-state index is -2.08. The number of aromatic nitrogens is 2. The number of ether oxygens (including phenoxy) is 1. The molecule has 7 heteroatoms. The fourth-order valence-corrected chi connectivity index (χ4v) is 2.93. The van der Waals surface area contributed by atoms with Gasteiger partial charge >= 0.3 is 5.97 Å². The van der Waals surface area contributed by atoms with Crippen molar-refractivity contribution in [1.29, 1.82) is 0 Å². The monoisotopic (exact) mass is 286 g/mol. The fraction of sp³-hybridized carbons (Fsp3) is 0.667. The highest BCUT2D eigenvalue weighted by atomic mass is 32.2. The Kier molecular flexibility index (Phi) is 4.71. The third kappa shape index (κ3) is 3.42. The van der Waals surface area contributed by atoms with Crippen LogP contribution in [-0.4, -0.2) is 31.6 Å². The minimum Gasteiger partial charge on any atom is -0.467 e. The highest BCUT2D eigenvalue weighted by Crippen LogP contribution is 2.32. The van der Waals surface area contributed by atoms with Crippen LogP contribution in [0.15, 0.2) is 17.3 Å². The second-order valence-corrected chi connectivity index (χ2v) is 5.80. The van der Waals surface area contributed by atoms with Crippen LogP contribution in [0.2, 0.25) is 0 Å². The van der Waals surface area contributed by atoms with E-state index < -0.39 is 17.1 Å². The minimum absolute atomic E-state index is 0.195. The number of carbonyl (C=O) groups is 1. The molecule has 0 aromatic carbocycles. The van der Waals surface area contributed by atoms with E-state index in [0.29, 0.717) is 12.3 Å². The zero-order valence-electron chi connectivity index (χ0n) is 10.8. The molecule has 0 spiro atoms. The Morgan fingerprint density at radius 2 is 2.32 bits per heavy atom. The van der Waals surface area contributed by atoms with Crippen LogP contribution in [0, 0.1) is 5.92 Å². The molecule has 1 fully saturated rings. The smallest absolute Gasteiger partial charge is 0.330 e. The predicted octanol–water partition coefficient (Wildman–Crippen LogP) is 1.76. The van der Waals surface area contributed by atoms with Gasteiger partial charge in [-0.05, 0) is 12.3 Å². The first-order valence-corrected chi connectivity index (χ1v) is 7.45. The van der Waals surface area contributed by atoms with E-state index in [4.69, 9.17) is 9.29 Å². The number of methoxy groups -OCH3 is 1. The first-order chi connectivity index (χ1) is 9.11. The van der Waals surface area contributed by atoms with E-state index in [1.807, 2.05) is 0 Å². The molecule has 1 aliphatic carbocycles. The highest BCUT2D eigenvalue weighted by Gasteiger charge is 2.28. The molecule has 2 atom stereocenters. The highest BCUT2D eigenvalue weighted by molar-refractivity contribution is 7.79. The van der Waals surface area contributed by atoms with E-state index in [2.05, 4.69) is 5.10 Å². The Hall–Kier alpha value is -1.21. The Bertz CT molecular complexity index is 468. The lowest BCUT2D eigenvalue weighted by molar-refractivity contribution is -0.145. The van der Waals surface area contributed by atoms with Crippen LogP contribution in [0.3, 0.4) is 0 Å². The van der Waals surface area contributed by atoms with Gasteiger partial charge < -0.3 is 9.29 Å². The maximum Gasteiger partial charge on any atom is 0.330 e. The standard InChI is InChI=1S/C12H18N2O4S/c1-18-12(15)11(6-9-4-2-3-5-9)14-8-10(7-13-14)19(16)17/h7-9,11H,2-6H2,1H3,(H,16,17). The van der Waals surface area contributed by atoms with E-state index in [1.165, 1.54) is 37.0 Å². The summed E-state index contributed by atoms with van der Waals surface area (Å²) in [4.78, 5) is 12.1. The molecule has 2 unspecified atom stereocenters. The lowest BCUT2D eigenvalue weighted by atomic mass is 9.98. The van der Waals surface area contributed by atoms with Crippen LogP contribution in [0.1, 0.15) is 38.1 Å². The fourth-order valence-electron chi connectivity index (χ4n) is 2.59. The molecule has 1 aliphatic rings. The second kappa shape index (κ2) is 6.29. The molecule has 1 heterocycles. The molecule has 106 valence electrons. The van der Waals surface area contributed by atoms with Crippen LogP contribution >= 0.6 is 0 Å². The van der Waals surface area contributed by atoms with Gasteiger partial charge in [0.25, 0.3) is 0 Å². The van der Waals surface area contributed by atoms with E-state index in [0.717, 1.165) is 12.8 Å². The summed E-state index contributed by atoms with van der Waals surface area (Å²) in [5.41, 5.74) is 0. The largest absolute Gasteiger partial charge is 0.467 e. The summed E-state index contributed by atoms with van der Waals surface area (Å²) in [6, 6.07) is -0.509. The van der Waals surface area contributed by atoms with Gasteiger partial charge in [-0.3, -0.25) is 4.68 Å². The van der Waals surface area contributed by atoms with E-state index >= 15 is 0 Å². The number of carbonyl (C=O) groups excluding carboxylic acids is 1. The molecule has 1 saturated carbocycles. The Morgan fingerprint density at radius 1 is 1.63 bits per heavy atom. The average Bonchev–Trinajstić information content (AvgIpc) is 3.05. The first-order valence-electron chi connectivity index (χ1n) is 6.34. The van der Waals surface area contributed by atoms with Crippen molar-refractivity contribution in [2.24, 2.45) is 5.92 Å². The van der Waals surface area contributed by atoms with Crippen molar-refractivity contribution in [3.05, 3.63) is 12.4 Å². The van der Waals surface area contributed by atoms with E-state index in [9.17, 15) is 9.00 Å². The van der Waals surface area contributed by atoms with Crippen LogP contribution in [-0.2, 0) is 20.6 Å². The Balaban J connectivity index is 2.15. The molecule has 6 nitrogen and oxygen atoms in total. The maximum atomic E-state index is 11.9. The lowest BCUT2D eigenvalue weighted by Crippen LogP contribution is -2.23. The van der Waals surface area contributed by atoms with Gasteiger partial charge in [0.05, 0.1) is 13.3 Å². The molecule has 0 aliphatic heterocycles. The third-order valence-corrected chi connectivity index (χ3v) is 4.22. The zero-order valence-corrected chi connectivity index (χ0v) is 11.6. The summed E-state index contributed by atoms with van der Waals surface area (Å²) in [6.45, 7) is 0. The van der Waals surface area contributed by atoms with E-state index in [-0.39, 0.29) is 10.9 Å². The van der Waals surface area contributed by atoms with Crippen molar-refractivity contribution in [3.63, 3.8) is 0 Å². The van der Waals surface area contributed by atoms with Crippen molar-refractivity contribution in [1.82, 2.24) is 9.78 Å². The number of hydrogen-bond acceptors (Lipinski definition) is 4. The molecule has 0 bridgehead atoms. The number of nitrogens with zero attached hydrogens (tertiary/aromatic N) is 2. The van der Waals surface area contributed by atoms with Gasteiger partial charge in [-0.1, -0.05) is 25.7 Å². The summed E-state index contributed by atoms with van der Waals surface area (Å²) < 4.78 is 26.2. The molecule has 1 N–H and O–H groups in total. The molecule has 1 aromatic heterocycles. The number of esters is 1. The average molecular weight is 286 g/mol. The summed E-state index contributed by atoms with van der Waals surface area (Å²) in [5.74, 6) is 0.140.